The number of hydrogen-bond acceptors (Lipinski definition) is 2. The summed E-state index contributed by atoms with van der Waals surface area (Å²) in [5.41, 5.74) is 4.54. The Morgan fingerprint density at radius 1 is 1.00 bits per heavy atom. The van der Waals surface area contributed by atoms with Crippen molar-refractivity contribution in [2.75, 3.05) is 19.0 Å². The lowest BCUT2D eigenvalue weighted by atomic mass is 10.1. The van der Waals surface area contributed by atoms with E-state index >= 15 is 0 Å². The predicted octanol–water partition coefficient (Wildman–Crippen LogP) is 5.86. The van der Waals surface area contributed by atoms with Gasteiger partial charge in [0.2, 0.25) is 0 Å². The van der Waals surface area contributed by atoms with Crippen LogP contribution in [0, 0.1) is 0 Å². The number of fused-ring (bicyclic) bond motifs is 1. The molecule has 4 aromatic rings. The van der Waals surface area contributed by atoms with Gasteiger partial charge < -0.3 is 14.6 Å². The molecular formula is C24H21ClN2O2. The van der Waals surface area contributed by atoms with E-state index in [2.05, 4.69) is 28.1 Å². The first kappa shape index (κ1) is 19.2. The van der Waals surface area contributed by atoms with Crippen LogP contribution in [0.4, 0.5) is 5.69 Å². The number of ether oxygens (including phenoxy) is 1. The van der Waals surface area contributed by atoms with Gasteiger partial charge in [-0.15, -0.1) is 0 Å². The summed E-state index contributed by atoms with van der Waals surface area (Å²) in [5, 5.41) is 4.43. The van der Waals surface area contributed by atoms with E-state index in [0.717, 1.165) is 34.4 Å². The van der Waals surface area contributed by atoms with Gasteiger partial charge in [0.15, 0.2) is 0 Å². The van der Waals surface area contributed by atoms with Crippen molar-refractivity contribution in [1.29, 1.82) is 0 Å². The Kier molecular flexibility index (Phi) is 5.65. The number of rotatable bonds is 6. The van der Waals surface area contributed by atoms with Crippen molar-refractivity contribution in [1.82, 2.24) is 4.57 Å². The molecule has 0 radical (unpaired) electrons. The molecule has 5 heteroatoms. The Morgan fingerprint density at radius 3 is 2.52 bits per heavy atom. The summed E-state index contributed by atoms with van der Waals surface area (Å²) in [7, 11) is 1.70. The molecule has 0 aliphatic heterocycles. The molecule has 0 bridgehead atoms. The highest BCUT2D eigenvalue weighted by Crippen LogP contribution is 2.30. The second kappa shape index (κ2) is 8.52. The van der Waals surface area contributed by atoms with Crippen LogP contribution in [0.25, 0.3) is 22.2 Å². The molecule has 1 aromatic heterocycles. The van der Waals surface area contributed by atoms with Gasteiger partial charge in [-0.3, -0.25) is 4.79 Å². The number of carbonyl (C=O) groups is 1. The van der Waals surface area contributed by atoms with E-state index in [0.29, 0.717) is 17.2 Å². The molecule has 1 N–H and O–H groups in total. The zero-order valence-corrected chi connectivity index (χ0v) is 16.8. The van der Waals surface area contributed by atoms with Crippen molar-refractivity contribution < 1.29 is 9.53 Å². The molecule has 0 atom stereocenters. The standard InChI is InChI=1S/C24H21ClN2O2/c1-29-14-13-27-22-12-11-19(26-24(28)20-9-5-6-10-21(20)25)15-18(22)16-23(27)17-7-3-2-4-8-17/h2-12,15-16H,13-14H2,1H3,(H,26,28). The molecule has 0 aliphatic carbocycles. The molecule has 0 fully saturated rings. The van der Waals surface area contributed by atoms with Gasteiger partial charge in [-0.05, 0) is 42.0 Å². The zero-order valence-electron chi connectivity index (χ0n) is 16.1. The van der Waals surface area contributed by atoms with Crippen molar-refractivity contribution in [3.8, 4) is 11.3 Å². The van der Waals surface area contributed by atoms with Crippen LogP contribution in [0.15, 0.2) is 78.9 Å². The number of nitrogens with one attached hydrogen (secondary N) is 1. The highest BCUT2D eigenvalue weighted by Gasteiger charge is 2.13. The Balaban J connectivity index is 1.70. The average Bonchev–Trinajstić information content (AvgIpc) is 3.11. The molecule has 29 heavy (non-hydrogen) atoms. The first-order valence-corrected chi connectivity index (χ1v) is 9.78. The topological polar surface area (TPSA) is 43.3 Å². The van der Waals surface area contributed by atoms with E-state index in [1.54, 1.807) is 31.4 Å². The molecule has 3 aromatic carbocycles. The fraction of sp³-hybridized carbons (Fsp3) is 0.125. The molecule has 146 valence electrons. The van der Waals surface area contributed by atoms with Crippen LogP contribution in [-0.4, -0.2) is 24.2 Å². The van der Waals surface area contributed by atoms with Crippen LogP contribution in [0.3, 0.4) is 0 Å². The Bertz CT molecular complexity index is 1150. The molecular weight excluding hydrogens is 384 g/mol. The Hall–Kier alpha value is -3.08. The Labute approximate surface area is 174 Å². The van der Waals surface area contributed by atoms with Gasteiger partial charge >= 0.3 is 0 Å². The van der Waals surface area contributed by atoms with Crippen molar-refractivity contribution in [3.63, 3.8) is 0 Å². The third kappa shape index (κ3) is 4.04. The molecule has 0 saturated carbocycles. The highest BCUT2D eigenvalue weighted by atomic mass is 35.5. The molecule has 0 aliphatic rings. The third-order valence-corrected chi connectivity index (χ3v) is 5.20. The van der Waals surface area contributed by atoms with Gasteiger partial charge in [0.1, 0.15) is 0 Å². The lowest BCUT2D eigenvalue weighted by Crippen LogP contribution is -2.12. The van der Waals surface area contributed by atoms with Gasteiger partial charge in [-0.25, -0.2) is 0 Å². The summed E-state index contributed by atoms with van der Waals surface area (Å²) in [5.74, 6) is -0.225. The number of benzene rings is 3. The zero-order chi connectivity index (χ0) is 20.2. The lowest BCUT2D eigenvalue weighted by molar-refractivity contribution is 0.102. The van der Waals surface area contributed by atoms with Crippen molar-refractivity contribution >= 4 is 34.1 Å². The molecule has 0 spiro atoms. The fourth-order valence-corrected chi connectivity index (χ4v) is 3.69. The molecule has 4 nitrogen and oxygen atoms in total. The summed E-state index contributed by atoms with van der Waals surface area (Å²) in [6, 6.07) is 25.4. The van der Waals surface area contributed by atoms with E-state index in [1.807, 2.05) is 36.4 Å². The van der Waals surface area contributed by atoms with Crippen LogP contribution in [0.1, 0.15) is 10.4 Å². The molecule has 0 unspecified atom stereocenters. The summed E-state index contributed by atoms with van der Waals surface area (Å²) >= 11 is 6.14. The molecule has 0 saturated heterocycles. The minimum atomic E-state index is -0.225. The smallest absolute Gasteiger partial charge is 0.257 e. The number of nitrogens with zero attached hydrogens (tertiary/aromatic N) is 1. The molecule has 4 rings (SSSR count). The molecule has 1 amide bonds. The maximum atomic E-state index is 12.6. The van der Waals surface area contributed by atoms with Gasteiger partial charge in [0.05, 0.1) is 17.2 Å². The lowest BCUT2D eigenvalue weighted by Gasteiger charge is -2.11. The fourth-order valence-electron chi connectivity index (χ4n) is 3.46. The second-order valence-corrected chi connectivity index (χ2v) is 7.15. The van der Waals surface area contributed by atoms with Gasteiger partial charge in [-0.2, -0.15) is 0 Å². The average molecular weight is 405 g/mol. The van der Waals surface area contributed by atoms with Crippen molar-refractivity contribution in [2.24, 2.45) is 0 Å². The largest absolute Gasteiger partial charge is 0.383 e. The summed E-state index contributed by atoms with van der Waals surface area (Å²) in [6.45, 7) is 1.37. The van der Waals surface area contributed by atoms with Gasteiger partial charge in [-0.1, -0.05) is 54.1 Å². The van der Waals surface area contributed by atoms with E-state index in [9.17, 15) is 4.79 Å². The third-order valence-electron chi connectivity index (χ3n) is 4.87. The van der Waals surface area contributed by atoms with Crippen molar-refractivity contribution in [3.05, 3.63) is 89.4 Å². The van der Waals surface area contributed by atoms with Crippen molar-refractivity contribution in [2.45, 2.75) is 6.54 Å². The van der Waals surface area contributed by atoms with Crippen LogP contribution >= 0.6 is 11.6 Å². The number of anilines is 1. The first-order chi connectivity index (χ1) is 14.2. The number of hydrogen-bond donors (Lipinski definition) is 1. The number of aromatic nitrogens is 1. The van der Waals surface area contributed by atoms with Gasteiger partial charge in [0.25, 0.3) is 5.91 Å². The maximum absolute atomic E-state index is 12.6. The minimum Gasteiger partial charge on any atom is -0.383 e. The monoisotopic (exact) mass is 404 g/mol. The first-order valence-electron chi connectivity index (χ1n) is 9.41. The van der Waals surface area contributed by atoms with Gasteiger partial charge in [0, 0.05) is 35.9 Å². The van der Waals surface area contributed by atoms with Crippen LogP contribution in [0.5, 0.6) is 0 Å². The normalized spacial score (nSPS) is 11.0. The van der Waals surface area contributed by atoms with E-state index in [1.165, 1.54) is 0 Å². The number of amides is 1. The summed E-state index contributed by atoms with van der Waals surface area (Å²) < 4.78 is 7.55. The number of methoxy groups -OCH3 is 1. The summed E-state index contributed by atoms with van der Waals surface area (Å²) in [6.07, 6.45) is 0. The van der Waals surface area contributed by atoms with Crippen LogP contribution in [0.2, 0.25) is 5.02 Å². The predicted molar refractivity (Wildman–Crippen MR) is 119 cm³/mol. The van der Waals surface area contributed by atoms with E-state index in [4.69, 9.17) is 16.3 Å². The SMILES string of the molecule is COCCn1c(-c2ccccc2)cc2cc(NC(=O)c3ccccc3Cl)ccc21. The Morgan fingerprint density at radius 2 is 1.76 bits per heavy atom. The van der Waals surface area contributed by atoms with Crippen LogP contribution in [-0.2, 0) is 11.3 Å². The minimum absolute atomic E-state index is 0.225. The molecule has 1 heterocycles. The number of halogens is 1. The second-order valence-electron chi connectivity index (χ2n) is 6.75. The maximum Gasteiger partial charge on any atom is 0.257 e. The highest BCUT2D eigenvalue weighted by molar-refractivity contribution is 6.34. The quantitative estimate of drug-likeness (QED) is 0.437. The summed E-state index contributed by atoms with van der Waals surface area (Å²) in [4.78, 5) is 12.6. The van der Waals surface area contributed by atoms with Crippen LogP contribution < -0.4 is 5.32 Å². The van der Waals surface area contributed by atoms with E-state index < -0.39 is 0 Å². The number of carbonyl (C=O) groups excluding carboxylic acids is 1. The van der Waals surface area contributed by atoms with E-state index in [-0.39, 0.29) is 5.91 Å².